The quantitative estimate of drug-likeness (QED) is 0.850. The minimum absolute atomic E-state index is 0.0252. The molecule has 3 N–H and O–H groups in total. The highest BCUT2D eigenvalue weighted by Gasteiger charge is 2.10. The van der Waals surface area contributed by atoms with Crippen molar-refractivity contribution in [1.82, 2.24) is 0 Å². The maximum absolute atomic E-state index is 11.7. The minimum atomic E-state index is -3.76. The van der Waals surface area contributed by atoms with Crippen LogP contribution >= 0.6 is 10.7 Å². The molecule has 104 valence electrons. The van der Waals surface area contributed by atoms with Crippen molar-refractivity contribution in [3.05, 3.63) is 48.8 Å². The van der Waals surface area contributed by atoms with Gasteiger partial charge >= 0.3 is 6.03 Å². The lowest BCUT2D eigenvalue weighted by Crippen LogP contribution is -2.20. The van der Waals surface area contributed by atoms with Gasteiger partial charge in [-0.3, -0.25) is 0 Å². The maximum Gasteiger partial charge on any atom is 0.323 e. The summed E-state index contributed by atoms with van der Waals surface area (Å²) in [6.45, 7) is 0. The third-order valence-electron chi connectivity index (χ3n) is 2.36. The molecule has 0 radical (unpaired) electrons. The van der Waals surface area contributed by atoms with Crippen LogP contribution in [0.15, 0.2) is 53.7 Å². The number of rotatable bonds is 3. The molecule has 2 amide bonds. The van der Waals surface area contributed by atoms with Crippen molar-refractivity contribution < 1.29 is 18.2 Å². The monoisotopic (exact) mass is 312 g/mol. The van der Waals surface area contributed by atoms with Gasteiger partial charge in [-0.2, -0.15) is 0 Å². The van der Waals surface area contributed by atoms with Crippen LogP contribution in [0.4, 0.5) is 16.2 Å². The summed E-state index contributed by atoms with van der Waals surface area (Å²) in [6, 6.07) is 8.56. The third-order valence-corrected chi connectivity index (χ3v) is 3.73. The summed E-state index contributed by atoms with van der Waals surface area (Å²) in [7, 11) is 1.44. The Morgan fingerprint density at radius 1 is 1.05 bits per heavy atom. The Bertz CT molecular complexity index is 702. The van der Waals surface area contributed by atoms with E-state index in [1.807, 2.05) is 0 Å². The number of carbonyl (C=O) groups is 1. The summed E-state index contributed by atoms with van der Waals surface area (Å²) >= 11 is 0. The molecule has 0 fully saturated rings. The topological polar surface area (TPSA) is 89.4 Å². The number of H-pyrrole nitrogens is 1. The van der Waals surface area contributed by atoms with Crippen LogP contribution < -0.4 is 15.6 Å². The lowest BCUT2D eigenvalue weighted by atomic mass is 10.3. The summed E-state index contributed by atoms with van der Waals surface area (Å²) in [5.41, 5.74) is 1.05. The van der Waals surface area contributed by atoms with E-state index < -0.39 is 15.1 Å². The summed E-state index contributed by atoms with van der Waals surface area (Å²) < 4.78 is 22.1. The number of urea groups is 1. The molecule has 0 spiro atoms. The first-order chi connectivity index (χ1) is 9.45. The molecule has 0 aliphatic heterocycles. The molecule has 0 saturated heterocycles. The van der Waals surface area contributed by atoms with Crippen LogP contribution in [0.25, 0.3) is 0 Å². The average molecular weight is 313 g/mol. The van der Waals surface area contributed by atoms with Crippen molar-refractivity contribution in [3.63, 3.8) is 0 Å². The fourth-order valence-corrected chi connectivity index (χ4v) is 2.24. The number of benzene rings is 1. The van der Waals surface area contributed by atoms with Gasteiger partial charge < -0.3 is 10.6 Å². The molecule has 0 atom stereocenters. The second kappa shape index (κ2) is 5.89. The largest absolute Gasteiger partial charge is 0.323 e. The number of aromatic amines is 1. The number of halogens is 1. The summed E-state index contributed by atoms with van der Waals surface area (Å²) in [5.74, 6) is 0. The first-order valence-electron chi connectivity index (χ1n) is 5.54. The lowest BCUT2D eigenvalue weighted by molar-refractivity contribution is -0.377. The number of carbonyl (C=O) groups excluding carboxylic acids is 1. The lowest BCUT2D eigenvalue weighted by Gasteiger charge is -2.06. The van der Waals surface area contributed by atoms with E-state index in [4.69, 9.17) is 10.7 Å². The van der Waals surface area contributed by atoms with Crippen LogP contribution in [0.2, 0.25) is 0 Å². The molecular weight excluding hydrogens is 302 g/mol. The Hall–Kier alpha value is -2.12. The van der Waals surface area contributed by atoms with Gasteiger partial charge in [0.2, 0.25) is 0 Å². The number of hydrogen-bond donors (Lipinski definition) is 2. The molecule has 6 nitrogen and oxygen atoms in total. The summed E-state index contributed by atoms with van der Waals surface area (Å²) in [6.07, 6.45) is 3.34. The van der Waals surface area contributed by atoms with Gasteiger partial charge in [0.25, 0.3) is 9.05 Å². The minimum Gasteiger partial charge on any atom is -0.308 e. The van der Waals surface area contributed by atoms with E-state index in [2.05, 4.69) is 15.6 Å². The molecule has 0 unspecified atom stereocenters. The van der Waals surface area contributed by atoms with Gasteiger partial charge in [-0.05, 0) is 30.3 Å². The Labute approximate surface area is 120 Å². The first-order valence-corrected chi connectivity index (χ1v) is 7.85. The van der Waals surface area contributed by atoms with Gasteiger partial charge in [0.05, 0.1) is 4.90 Å². The normalized spacial score (nSPS) is 10.8. The van der Waals surface area contributed by atoms with Gasteiger partial charge in [0, 0.05) is 22.4 Å². The van der Waals surface area contributed by atoms with E-state index in [0.29, 0.717) is 11.4 Å². The van der Waals surface area contributed by atoms with Crippen molar-refractivity contribution >= 4 is 37.1 Å². The van der Waals surface area contributed by atoms with Crippen LogP contribution in [0, 0.1) is 0 Å². The van der Waals surface area contributed by atoms with E-state index in [0.717, 1.165) is 0 Å². The highest BCUT2D eigenvalue weighted by atomic mass is 35.7. The number of pyridine rings is 1. The Balaban J connectivity index is 2.02. The molecule has 8 heteroatoms. The van der Waals surface area contributed by atoms with Crippen LogP contribution in [0.1, 0.15) is 0 Å². The summed E-state index contributed by atoms with van der Waals surface area (Å²) in [5, 5.41) is 5.18. The molecule has 0 bridgehead atoms. The molecule has 2 rings (SSSR count). The van der Waals surface area contributed by atoms with Crippen molar-refractivity contribution in [2.75, 3.05) is 10.6 Å². The Morgan fingerprint density at radius 3 is 2.25 bits per heavy atom. The molecule has 2 aromatic rings. The summed E-state index contributed by atoms with van der Waals surface area (Å²) in [4.78, 5) is 14.5. The Kier molecular flexibility index (Phi) is 4.21. The molecule has 0 aliphatic carbocycles. The highest BCUT2D eigenvalue weighted by Crippen LogP contribution is 2.17. The molecule has 20 heavy (non-hydrogen) atoms. The molecular formula is C12H11ClN3O3S+. The molecule has 0 aliphatic rings. The SMILES string of the molecule is O=C(Nc1ccc(S(=O)(=O)Cl)cc1)Nc1ccc[nH+]c1. The predicted molar refractivity (Wildman–Crippen MR) is 75.1 cm³/mol. The fourth-order valence-electron chi connectivity index (χ4n) is 1.47. The van der Waals surface area contributed by atoms with Gasteiger partial charge in [0.15, 0.2) is 12.4 Å². The van der Waals surface area contributed by atoms with Crippen LogP contribution in [-0.2, 0) is 9.05 Å². The Morgan fingerprint density at radius 2 is 1.70 bits per heavy atom. The van der Waals surface area contributed by atoms with Crippen LogP contribution in [0.5, 0.6) is 0 Å². The number of amides is 2. The van der Waals surface area contributed by atoms with Crippen molar-refractivity contribution in [2.45, 2.75) is 4.90 Å². The number of nitrogens with one attached hydrogen (secondary N) is 3. The number of aromatic nitrogens is 1. The third kappa shape index (κ3) is 3.94. The zero-order valence-corrected chi connectivity index (χ0v) is 11.7. The standard InChI is InChI=1S/C12H10ClN3O3S/c13-20(18,19)11-5-3-9(4-6-11)15-12(17)16-10-2-1-7-14-8-10/h1-8H,(H2,15,16,17)/p+1. The van der Waals surface area contributed by atoms with Crippen LogP contribution in [0.3, 0.4) is 0 Å². The van der Waals surface area contributed by atoms with Crippen LogP contribution in [-0.4, -0.2) is 14.4 Å². The van der Waals surface area contributed by atoms with E-state index >= 15 is 0 Å². The highest BCUT2D eigenvalue weighted by molar-refractivity contribution is 8.13. The fraction of sp³-hybridized carbons (Fsp3) is 0. The van der Waals surface area contributed by atoms with E-state index in [1.54, 1.807) is 24.5 Å². The van der Waals surface area contributed by atoms with Gasteiger partial charge in [-0.25, -0.2) is 18.2 Å². The van der Waals surface area contributed by atoms with Crippen molar-refractivity contribution in [1.29, 1.82) is 0 Å². The second-order valence-corrected chi connectivity index (χ2v) is 6.40. The smallest absolute Gasteiger partial charge is 0.308 e. The first kappa shape index (κ1) is 14.3. The number of anilines is 2. The molecule has 1 aromatic carbocycles. The van der Waals surface area contributed by atoms with Gasteiger partial charge in [-0.1, -0.05) is 0 Å². The van der Waals surface area contributed by atoms with Crippen molar-refractivity contribution in [2.24, 2.45) is 0 Å². The molecule has 0 saturated carbocycles. The predicted octanol–water partition coefficient (Wildman–Crippen LogP) is 2.07. The second-order valence-electron chi connectivity index (χ2n) is 3.83. The van der Waals surface area contributed by atoms with E-state index in [1.165, 1.54) is 24.3 Å². The molecule has 1 aromatic heterocycles. The number of hydrogen-bond acceptors (Lipinski definition) is 3. The average Bonchev–Trinajstić information content (AvgIpc) is 2.39. The zero-order chi connectivity index (χ0) is 14.6. The zero-order valence-electron chi connectivity index (χ0n) is 10.1. The van der Waals surface area contributed by atoms with Crippen molar-refractivity contribution in [3.8, 4) is 0 Å². The van der Waals surface area contributed by atoms with Gasteiger partial charge in [-0.15, -0.1) is 0 Å². The van der Waals surface area contributed by atoms with E-state index in [9.17, 15) is 13.2 Å². The molecule has 1 heterocycles. The maximum atomic E-state index is 11.7. The van der Waals surface area contributed by atoms with Gasteiger partial charge in [0.1, 0.15) is 5.69 Å². The van der Waals surface area contributed by atoms with E-state index in [-0.39, 0.29) is 4.90 Å².